The molecule has 1 aromatic heterocycles. The van der Waals surface area contributed by atoms with Crippen molar-refractivity contribution in [1.29, 1.82) is 0 Å². The van der Waals surface area contributed by atoms with Crippen LogP contribution < -0.4 is 5.73 Å². The molecule has 0 spiro atoms. The summed E-state index contributed by atoms with van der Waals surface area (Å²) in [6, 6.07) is 0. The lowest BCUT2D eigenvalue weighted by Crippen LogP contribution is -2.26. The Kier molecular flexibility index (Phi) is 2.40. The van der Waals surface area contributed by atoms with Gasteiger partial charge in [-0.05, 0) is 7.05 Å². The van der Waals surface area contributed by atoms with Gasteiger partial charge in [0.2, 0.25) is 5.76 Å². The summed E-state index contributed by atoms with van der Waals surface area (Å²) in [4.78, 5) is 13.5. The molecule has 5 heteroatoms. The van der Waals surface area contributed by atoms with E-state index in [2.05, 4.69) is 9.64 Å². The quantitative estimate of drug-likeness (QED) is 0.689. The standard InChI is InChI=1S/C10H14N2O3/c1-12-4-3-7-6(5-12)8(11)9(15-7)10(13)14-2/h3-5,11H2,1-2H3. The predicted molar refractivity (Wildman–Crippen MR) is 54.5 cm³/mol. The molecular formula is C10H14N2O3. The molecule has 1 aliphatic rings. The highest BCUT2D eigenvalue weighted by molar-refractivity contribution is 5.93. The van der Waals surface area contributed by atoms with Gasteiger partial charge in [0.25, 0.3) is 0 Å². The van der Waals surface area contributed by atoms with Gasteiger partial charge in [-0.25, -0.2) is 4.79 Å². The maximum atomic E-state index is 11.3. The molecule has 0 fully saturated rings. The lowest BCUT2D eigenvalue weighted by molar-refractivity contribution is 0.0564. The fourth-order valence-corrected chi connectivity index (χ4v) is 1.79. The van der Waals surface area contributed by atoms with Crippen LogP contribution in [0.15, 0.2) is 4.42 Å². The van der Waals surface area contributed by atoms with Gasteiger partial charge in [0.15, 0.2) is 0 Å². The number of nitrogen functional groups attached to an aromatic ring is 1. The number of methoxy groups -OCH3 is 1. The van der Waals surface area contributed by atoms with Crippen LogP contribution in [-0.4, -0.2) is 31.6 Å². The first-order valence-corrected chi connectivity index (χ1v) is 4.80. The minimum Gasteiger partial charge on any atom is -0.463 e. The van der Waals surface area contributed by atoms with E-state index >= 15 is 0 Å². The van der Waals surface area contributed by atoms with Crippen LogP contribution in [-0.2, 0) is 17.7 Å². The van der Waals surface area contributed by atoms with Crippen molar-refractivity contribution in [1.82, 2.24) is 4.90 Å². The van der Waals surface area contributed by atoms with Gasteiger partial charge in [-0.1, -0.05) is 0 Å². The molecule has 1 aromatic rings. The topological polar surface area (TPSA) is 68.7 Å². The SMILES string of the molecule is COC(=O)c1oc2c(c1N)CN(C)CC2. The Morgan fingerprint density at radius 3 is 3.00 bits per heavy atom. The van der Waals surface area contributed by atoms with Crippen molar-refractivity contribution in [2.75, 3.05) is 26.4 Å². The third kappa shape index (κ3) is 1.59. The normalized spacial score (nSPS) is 16.1. The van der Waals surface area contributed by atoms with Crippen LogP contribution in [0.3, 0.4) is 0 Å². The van der Waals surface area contributed by atoms with E-state index in [1.165, 1.54) is 7.11 Å². The van der Waals surface area contributed by atoms with Crippen LogP contribution in [0.2, 0.25) is 0 Å². The van der Waals surface area contributed by atoms with Gasteiger partial charge in [0.05, 0.1) is 12.8 Å². The first kappa shape index (κ1) is 10.0. The predicted octanol–water partition coefficient (Wildman–Crippen LogP) is 0.636. The first-order chi connectivity index (χ1) is 7.13. The molecule has 15 heavy (non-hydrogen) atoms. The number of rotatable bonds is 1. The second-order valence-electron chi connectivity index (χ2n) is 3.73. The number of esters is 1. The van der Waals surface area contributed by atoms with E-state index in [9.17, 15) is 4.79 Å². The lowest BCUT2D eigenvalue weighted by Gasteiger charge is -2.21. The number of likely N-dealkylation sites (N-methyl/N-ethyl adjacent to an activating group) is 1. The number of nitrogens with zero attached hydrogens (tertiary/aromatic N) is 1. The van der Waals surface area contributed by atoms with Gasteiger partial charge in [0.1, 0.15) is 5.76 Å². The number of hydrogen-bond donors (Lipinski definition) is 1. The molecule has 0 aromatic carbocycles. The smallest absolute Gasteiger partial charge is 0.376 e. The molecule has 2 rings (SSSR count). The summed E-state index contributed by atoms with van der Waals surface area (Å²) in [5, 5.41) is 0. The minimum atomic E-state index is -0.510. The molecule has 0 saturated carbocycles. The molecule has 5 nitrogen and oxygen atoms in total. The Balaban J connectivity index is 2.41. The van der Waals surface area contributed by atoms with E-state index in [1.54, 1.807) is 0 Å². The van der Waals surface area contributed by atoms with Crippen LogP contribution in [0.25, 0.3) is 0 Å². The molecule has 0 amide bonds. The van der Waals surface area contributed by atoms with Crippen LogP contribution in [0.1, 0.15) is 21.9 Å². The van der Waals surface area contributed by atoms with E-state index in [1.807, 2.05) is 7.05 Å². The van der Waals surface area contributed by atoms with Gasteiger partial charge in [-0.15, -0.1) is 0 Å². The summed E-state index contributed by atoms with van der Waals surface area (Å²) in [5.74, 6) is 0.438. The molecule has 0 unspecified atom stereocenters. The number of carbonyl (C=O) groups excluding carboxylic acids is 1. The van der Waals surface area contributed by atoms with E-state index in [0.717, 1.165) is 30.8 Å². The summed E-state index contributed by atoms with van der Waals surface area (Å²) < 4.78 is 10.0. The number of ether oxygens (including phenoxy) is 1. The summed E-state index contributed by atoms with van der Waals surface area (Å²) in [6.45, 7) is 1.64. The van der Waals surface area contributed by atoms with Crippen molar-refractivity contribution in [3.05, 3.63) is 17.1 Å². The van der Waals surface area contributed by atoms with Gasteiger partial charge in [0, 0.05) is 25.1 Å². The number of hydrogen-bond acceptors (Lipinski definition) is 5. The highest BCUT2D eigenvalue weighted by atomic mass is 16.5. The minimum absolute atomic E-state index is 0.137. The average molecular weight is 210 g/mol. The molecule has 2 N–H and O–H groups in total. The van der Waals surface area contributed by atoms with Gasteiger partial charge >= 0.3 is 5.97 Å². The second kappa shape index (κ2) is 3.58. The van der Waals surface area contributed by atoms with Crippen molar-refractivity contribution in [3.8, 4) is 0 Å². The number of anilines is 1. The highest BCUT2D eigenvalue weighted by Crippen LogP contribution is 2.30. The zero-order valence-electron chi connectivity index (χ0n) is 8.87. The van der Waals surface area contributed by atoms with E-state index in [0.29, 0.717) is 5.69 Å². The van der Waals surface area contributed by atoms with Crippen LogP contribution in [0.5, 0.6) is 0 Å². The maximum absolute atomic E-state index is 11.3. The Morgan fingerprint density at radius 1 is 1.60 bits per heavy atom. The van der Waals surface area contributed by atoms with Gasteiger partial charge < -0.3 is 19.8 Å². The highest BCUT2D eigenvalue weighted by Gasteiger charge is 2.26. The largest absolute Gasteiger partial charge is 0.463 e. The maximum Gasteiger partial charge on any atom is 0.376 e. The monoisotopic (exact) mass is 210 g/mol. The van der Waals surface area contributed by atoms with Crippen LogP contribution in [0.4, 0.5) is 5.69 Å². The molecule has 0 bridgehead atoms. The van der Waals surface area contributed by atoms with Crippen molar-refractivity contribution < 1.29 is 13.9 Å². The zero-order chi connectivity index (χ0) is 11.0. The average Bonchev–Trinajstić information content (AvgIpc) is 2.55. The Labute approximate surface area is 87.8 Å². The lowest BCUT2D eigenvalue weighted by atomic mass is 10.1. The van der Waals surface area contributed by atoms with Crippen molar-refractivity contribution in [2.45, 2.75) is 13.0 Å². The molecule has 2 heterocycles. The summed E-state index contributed by atoms with van der Waals surface area (Å²) >= 11 is 0. The Hall–Kier alpha value is -1.49. The van der Waals surface area contributed by atoms with E-state index in [-0.39, 0.29) is 5.76 Å². The summed E-state index contributed by atoms with van der Waals surface area (Å²) in [5.41, 5.74) is 7.18. The molecule has 0 aliphatic carbocycles. The van der Waals surface area contributed by atoms with Crippen molar-refractivity contribution >= 4 is 11.7 Å². The zero-order valence-corrected chi connectivity index (χ0v) is 8.87. The van der Waals surface area contributed by atoms with E-state index < -0.39 is 5.97 Å². The van der Waals surface area contributed by atoms with Gasteiger partial charge in [-0.2, -0.15) is 0 Å². The van der Waals surface area contributed by atoms with Crippen LogP contribution >= 0.6 is 0 Å². The second-order valence-corrected chi connectivity index (χ2v) is 3.73. The van der Waals surface area contributed by atoms with Crippen LogP contribution in [0, 0.1) is 0 Å². The Bertz CT molecular complexity index is 398. The third-order valence-corrected chi connectivity index (χ3v) is 2.65. The fourth-order valence-electron chi connectivity index (χ4n) is 1.79. The first-order valence-electron chi connectivity index (χ1n) is 4.80. The number of carbonyl (C=O) groups is 1. The van der Waals surface area contributed by atoms with Crippen molar-refractivity contribution in [3.63, 3.8) is 0 Å². The molecule has 1 aliphatic heterocycles. The number of nitrogens with two attached hydrogens (primary N) is 1. The molecule has 0 atom stereocenters. The Morgan fingerprint density at radius 2 is 2.33 bits per heavy atom. The number of furan rings is 1. The van der Waals surface area contributed by atoms with E-state index in [4.69, 9.17) is 10.2 Å². The summed E-state index contributed by atoms with van der Waals surface area (Å²) in [7, 11) is 3.32. The molecule has 0 radical (unpaired) electrons. The van der Waals surface area contributed by atoms with Crippen molar-refractivity contribution in [2.24, 2.45) is 0 Å². The summed E-state index contributed by atoms with van der Waals surface area (Å²) in [6.07, 6.45) is 0.785. The molecular weight excluding hydrogens is 196 g/mol. The molecule has 82 valence electrons. The molecule has 0 saturated heterocycles. The fraction of sp³-hybridized carbons (Fsp3) is 0.500. The van der Waals surface area contributed by atoms with Gasteiger partial charge in [-0.3, -0.25) is 0 Å². The number of fused-ring (bicyclic) bond motifs is 1. The third-order valence-electron chi connectivity index (χ3n) is 2.65.